The van der Waals surface area contributed by atoms with Gasteiger partial charge in [-0.1, -0.05) is 0 Å². The van der Waals surface area contributed by atoms with Gasteiger partial charge in [-0.25, -0.2) is 28.1 Å². The normalized spacial score (nSPS) is 19.2. The Morgan fingerprint density at radius 1 is 1.16 bits per heavy atom. The summed E-state index contributed by atoms with van der Waals surface area (Å²) in [6.07, 6.45) is -0.524. The van der Waals surface area contributed by atoms with Crippen LogP contribution in [0.25, 0.3) is 6.08 Å². The average molecular weight is 613 g/mol. The lowest BCUT2D eigenvalue weighted by molar-refractivity contribution is -0.144. The zero-order valence-electron chi connectivity index (χ0n) is 24.4. The zero-order chi connectivity index (χ0) is 31.5. The number of halogens is 5. The summed E-state index contributed by atoms with van der Waals surface area (Å²) in [6.45, 7) is 9.02. The van der Waals surface area contributed by atoms with E-state index in [-0.39, 0.29) is 49.4 Å². The van der Waals surface area contributed by atoms with E-state index in [0.29, 0.717) is 17.1 Å². The van der Waals surface area contributed by atoms with Gasteiger partial charge in [0, 0.05) is 32.0 Å². The summed E-state index contributed by atoms with van der Waals surface area (Å²) in [5, 5.41) is 13.7. The smallest absolute Gasteiger partial charge is 0.349 e. The van der Waals surface area contributed by atoms with Crippen LogP contribution in [-0.4, -0.2) is 61.1 Å². The van der Waals surface area contributed by atoms with E-state index in [0.717, 1.165) is 12.8 Å². The van der Waals surface area contributed by atoms with Crippen molar-refractivity contribution in [1.82, 2.24) is 35.1 Å². The van der Waals surface area contributed by atoms with Crippen LogP contribution >= 0.6 is 0 Å². The van der Waals surface area contributed by atoms with Gasteiger partial charge in [0.05, 0.1) is 30.4 Å². The molecular formula is C28H37F5N8O2. The highest BCUT2D eigenvalue weighted by Gasteiger charge is 2.40. The SMILES string of the molecule is C=Nn1cc([C@@H](NC(=O)c2ncnn2C(C)C)C2CCC(F)(F)CC2)nc1/C=C(\C)[C@H](NC(=O)CCC(F)(F)F)C1CC1. The molecule has 0 aromatic carbocycles. The summed E-state index contributed by atoms with van der Waals surface area (Å²) in [6, 6.07) is -1.39. The molecule has 2 saturated carbocycles. The van der Waals surface area contributed by atoms with E-state index in [9.17, 15) is 31.5 Å². The molecule has 2 aromatic heterocycles. The highest BCUT2D eigenvalue weighted by atomic mass is 19.4. The molecule has 236 valence electrons. The molecule has 2 aromatic rings. The van der Waals surface area contributed by atoms with E-state index in [1.54, 1.807) is 19.2 Å². The van der Waals surface area contributed by atoms with Crippen LogP contribution in [0, 0.1) is 11.8 Å². The molecule has 0 unspecified atom stereocenters. The van der Waals surface area contributed by atoms with Gasteiger partial charge in [0.15, 0.2) is 5.82 Å². The minimum Gasteiger partial charge on any atom is -0.349 e. The van der Waals surface area contributed by atoms with Crippen molar-refractivity contribution in [1.29, 1.82) is 0 Å². The van der Waals surface area contributed by atoms with Crippen molar-refractivity contribution in [2.24, 2.45) is 16.9 Å². The van der Waals surface area contributed by atoms with Gasteiger partial charge in [-0.05, 0) is 69.9 Å². The largest absolute Gasteiger partial charge is 0.389 e. The molecule has 0 aliphatic heterocycles. The Hall–Kier alpha value is -3.65. The van der Waals surface area contributed by atoms with Gasteiger partial charge < -0.3 is 10.6 Å². The predicted octanol–water partition coefficient (Wildman–Crippen LogP) is 5.46. The van der Waals surface area contributed by atoms with E-state index >= 15 is 0 Å². The Balaban J connectivity index is 1.60. The predicted molar refractivity (Wildman–Crippen MR) is 148 cm³/mol. The van der Waals surface area contributed by atoms with Gasteiger partial charge in [0.2, 0.25) is 17.7 Å². The van der Waals surface area contributed by atoms with Gasteiger partial charge in [-0.15, -0.1) is 0 Å². The molecule has 2 atom stereocenters. The van der Waals surface area contributed by atoms with Crippen LogP contribution in [0.2, 0.25) is 0 Å². The third kappa shape index (κ3) is 8.47. The van der Waals surface area contributed by atoms with E-state index in [2.05, 4.69) is 37.5 Å². The molecule has 15 heteroatoms. The van der Waals surface area contributed by atoms with Gasteiger partial charge in [-0.3, -0.25) is 9.59 Å². The first-order valence-electron chi connectivity index (χ1n) is 14.4. The first-order chi connectivity index (χ1) is 20.2. The van der Waals surface area contributed by atoms with Crippen LogP contribution in [0.1, 0.15) is 106 Å². The second-order valence-electron chi connectivity index (χ2n) is 11.7. The molecule has 2 heterocycles. The lowest BCUT2D eigenvalue weighted by atomic mass is 9.81. The summed E-state index contributed by atoms with van der Waals surface area (Å²) in [5.74, 6) is -3.89. The van der Waals surface area contributed by atoms with Crippen LogP contribution in [0.15, 0.2) is 23.2 Å². The van der Waals surface area contributed by atoms with Gasteiger partial charge in [0.25, 0.3) is 5.91 Å². The molecule has 0 spiro atoms. The molecule has 2 aliphatic rings. The highest BCUT2D eigenvalue weighted by Crippen LogP contribution is 2.42. The molecule has 0 radical (unpaired) electrons. The number of hydrogen-bond acceptors (Lipinski definition) is 6. The number of amides is 2. The number of alkyl halides is 5. The minimum absolute atomic E-state index is 0.0759. The number of carbonyl (C=O) groups excluding carboxylic acids is 2. The Morgan fingerprint density at radius 2 is 1.84 bits per heavy atom. The number of rotatable bonds is 12. The summed E-state index contributed by atoms with van der Waals surface area (Å²) < 4.78 is 68.8. The van der Waals surface area contributed by atoms with Crippen molar-refractivity contribution >= 4 is 24.6 Å². The number of nitrogens with zero attached hydrogens (tertiary/aromatic N) is 6. The van der Waals surface area contributed by atoms with Crippen molar-refractivity contribution in [2.75, 3.05) is 0 Å². The van der Waals surface area contributed by atoms with Crippen LogP contribution in [-0.2, 0) is 4.79 Å². The Labute approximate surface area is 246 Å². The van der Waals surface area contributed by atoms with Gasteiger partial charge in [-0.2, -0.15) is 23.4 Å². The van der Waals surface area contributed by atoms with Crippen LogP contribution < -0.4 is 10.6 Å². The summed E-state index contributed by atoms with van der Waals surface area (Å²) >= 11 is 0. The maximum Gasteiger partial charge on any atom is 0.389 e. The molecule has 2 fully saturated rings. The van der Waals surface area contributed by atoms with E-state index in [4.69, 9.17) is 0 Å². The minimum atomic E-state index is -4.43. The zero-order valence-corrected chi connectivity index (χ0v) is 24.4. The lowest BCUT2D eigenvalue weighted by Crippen LogP contribution is -2.38. The Bertz CT molecular complexity index is 1330. The molecule has 2 N–H and O–H groups in total. The molecule has 2 amide bonds. The third-order valence-corrected chi connectivity index (χ3v) is 7.88. The van der Waals surface area contributed by atoms with Crippen molar-refractivity contribution in [3.05, 3.63) is 35.4 Å². The van der Waals surface area contributed by atoms with Gasteiger partial charge >= 0.3 is 6.18 Å². The fourth-order valence-corrected chi connectivity index (χ4v) is 5.42. The Kier molecular flexibility index (Phi) is 9.70. The van der Waals surface area contributed by atoms with Crippen molar-refractivity contribution in [3.8, 4) is 0 Å². The quantitative estimate of drug-likeness (QED) is 0.244. The number of aromatic nitrogens is 5. The number of nitrogens with one attached hydrogen (secondary N) is 2. The summed E-state index contributed by atoms with van der Waals surface area (Å²) in [4.78, 5) is 34.4. The average Bonchev–Trinajstić information content (AvgIpc) is 3.49. The standard InChI is InChI=1S/C28H37F5N8O2/c1-16(2)41-25(35-15-36-41)26(43)39-24(19-7-10-27(29,30)11-8-19)20-14-40(34-4)21(37-20)13-17(3)23(18-5-6-18)38-22(42)9-12-28(31,32)33/h13-16,18-19,23-24H,4-12H2,1-3H3,(H,38,42)(H,39,43)/b17-13+/t23-,24-/m0/s1. The lowest BCUT2D eigenvalue weighted by Gasteiger charge is -2.33. The third-order valence-electron chi connectivity index (χ3n) is 7.88. The van der Waals surface area contributed by atoms with E-state index in [1.165, 1.54) is 15.7 Å². The first kappa shape index (κ1) is 32.3. The van der Waals surface area contributed by atoms with Crippen molar-refractivity contribution in [2.45, 2.75) is 102 Å². The first-order valence-corrected chi connectivity index (χ1v) is 14.4. The molecular weight excluding hydrogens is 575 g/mol. The second-order valence-corrected chi connectivity index (χ2v) is 11.7. The molecule has 0 saturated heterocycles. The van der Waals surface area contributed by atoms with Crippen LogP contribution in [0.4, 0.5) is 22.0 Å². The Morgan fingerprint density at radius 3 is 2.42 bits per heavy atom. The topological polar surface area (TPSA) is 119 Å². The molecule has 0 bridgehead atoms. The maximum atomic E-state index is 14.0. The van der Waals surface area contributed by atoms with Gasteiger partial charge in [0.1, 0.15) is 6.33 Å². The van der Waals surface area contributed by atoms with Crippen molar-refractivity contribution in [3.63, 3.8) is 0 Å². The fraction of sp³-hybridized carbons (Fsp3) is 0.643. The molecule has 4 rings (SSSR count). The van der Waals surface area contributed by atoms with Crippen LogP contribution in [0.5, 0.6) is 0 Å². The number of hydrogen-bond donors (Lipinski definition) is 2. The summed E-state index contributed by atoms with van der Waals surface area (Å²) in [7, 11) is 0. The molecule has 2 aliphatic carbocycles. The second kappa shape index (κ2) is 12.9. The summed E-state index contributed by atoms with van der Waals surface area (Å²) in [5.41, 5.74) is 1.04. The molecule has 43 heavy (non-hydrogen) atoms. The van der Waals surface area contributed by atoms with E-state index < -0.39 is 48.8 Å². The highest BCUT2D eigenvalue weighted by molar-refractivity contribution is 5.91. The molecule has 10 nitrogen and oxygen atoms in total. The monoisotopic (exact) mass is 612 g/mol. The van der Waals surface area contributed by atoms with Crippen molar-refractivity contribution < 1.29 is 31.5 Å². The number of carbonyl (C=O) groups is 2. The fourth-order valence-electron chi connectivity index (χ4n) is 5.42. The van der Waals surface area contributed by atoms with Crippen LogP contribution in [0.3, 0.4) is 0 Å². The number of imidazole rings is 1. The van der Waals surface area contributed by atoms with E-state index in [1.807, 2.05) is 13.8 Å². The maximum absolute atomic E-state index is 14.0.